The third-order valence-electron chi connectivity index (χ3n) is 22.7. The predicted octanol–water partition coefficient (Wildman–Crippen LogP) is 35.7. The molecule has 120 heavy (non-hydrogen) atoms. The van der Waals surface area contributed by atoms with Crippen LogP contribution in [-0.2, 0) is 0 Å². The van der Waals surface area contributed by atoms with E-state index in [0.29, 0.717) is 0 Å². The van der Waals surface area contributed by atoms with Gasteiger partial charge in [-0.05, 0) is 198 Å². The zero-order valence-corrected chi connectivity index (χ0v) is 71.6. The van der Waals surface area contributed by atoms with E-state index in [1.807, 2.05) is 74.9 Å². The van der Waals surface area contributed by atoms with Crippen LogP contribution < -0.4 is 0 Å². The maximum absolute atomic E-state index is 5.95. The Balaban J connectivity index is 0.0000000952. The normalized spacial score (nSPS) is 11.2. The van der Waals surface area contributed by atoms with Crippen LogP contribution in [0.25, 0.3) is 190 Å². The van der Waals surface area contributed by atoms with Crippen molar-refractivity contribution in [1.82, 2.24) is 0 Å². The van der Waals surface area contributed by atoms with E-state index in [1.165, 1.54) is 212 Å². The van der Waals surface area contributed by atoms with Crippen LogP contribution in [0.1, 0.15) is 33.4 Å². The Morgan fingerprint density at radius 3 is 0.975 bits per heavy atom. The van der Waals surface area contributed by atoms with Gasteiger partial charge in [-0.1, -0.05) is 344 Å². The summed E-state index contributed by atoms with van der Waals surface area (Å²) in [4.78, 5) is 0. The van der Waals surface area contributed by atoms with Crippen molar-refractivity contribution in [3.05, 3.63) is 434 Å². The highest BCUT2D eigenvalue weighted by atomic mass is 32.1. The Labute approximate surface area is 719 Å². The standard InChI is InChI=1S/C19H14O.5C19H14S/c1-13-7-2-3-8-14(13)15-10-6-12-18-19(15)16-9-4-5-11-17(16)20-18;1-13-6-4-7-14(12-13)15-9-5-10-17-16-8-2-3-11-18(16)20-19(15)17;1-13-5-4-6-14(11-13)15-9-10-19-17(12-15)16-7-2-3-8-18(16)20-19;1-13-6-2-3-7-15(13)14-10-11-19-17(12-14)16-8-4-5-9-18(16)20-19;1-13-9-11-14(12-10-13)15-6-4-7-17-16-5-2-3-8-18(16)20-19(15)17;1-13-6-8-14(9-7-13)15-10-11-19-17(12-15)16-4-2-3-5-18(16)20-19/h6*2-12H,1H3. The molecule has 6 heterocycles. The summed E-state index contributed by atoms with van der Waals surface area (Å²) in [5, 5.41) is 16.0. The number of fused-ring (bicyclic) bond motifs is 18. The van der Waals surface area contributed by atoms with Crippen LogP contribution in [0, 0.1) is 41.5 Å². The number of rotatable bonds is 6. The van der Waals surface area contributed by atoms with E-state index in [4.69, 9.17) is 4.42 Å². The fourth-order valence-corrected chi connectivity index (χ4v) is 22.3. The minimum atomic E-state index is 0.948. The first-order valence-electron chi connectivity index (χ1n) is 40.8. The summed E-state index contributed by atoms with van der Waals surface area (Å²) < 4.78 is 19.6. The molecule has 0 spiro atoms. The van der Waals surface area contributed by atoms with Crippen LogP contribution in [0.2, 0.25) is 0 Å². The molecule has 0 fully saturated rings. The monoisotopic (exact) mass is 1630 g/mol. The van der Waals surface area contributed by atoms with Crippen LogP contribution in [0.15, 0.2) is 405 Å². The van der Waals surface area contributed by atoms with Gasteiger partial charge in [-0.15, -0.1) is 56.7 Å². The van der Waals surface area contributed by atoms with Gasteiger partial charge in [0.2, 0.25) is 0 Å². The van der Waals surface area contributed by atoms with Crippen molar-refractivity contribution in [2.24, 2.45) is 0 Å². The highest BCUT2D eigenvalue weighted by Crippen LogP contribution is 2.45. The van der Waals surface area contributed by atoms with E-state index in [-0.39, 0.29) is 0 Å². The molecule has 0 saturated carbocycles. The molecule has 1 nitrogen and oxygen atoms in total. The highest BCUT2D eigenvalue weighted by Gasteiger charge is 2.17. The third-order valence-corrected chi connectivity index (χ3v) is 28.6. The Morgan fingerprint density at radius 1 is 0.167 bits per heavy atom. The van der Waals surface area contributed by atoms with E-state index < -0.39 is 0 Å². The van der Waals surface area contributed by atoms with Crippen LogP contribution in [-0.4, -0.2) is 0 Å². The van der Waals surface area contributed by atoms with Crippen molar-refractivity contribution < 1.29 is 4.42 Å². The van der Waals surface area contributed by atoms with Gasteiger partial charge in [0.25, 0.3) is 0 Å². The molecule has 0 N–H and O–H groups in total. The largest absolute Gasteiger partial charge is 0.456 e. The van der Waals surface area contributed by atoms with Crippen molar-refractivity contribution in [1.29, 1.82) is 0 Å². The van der Waals surface area contributed by atoms with Crippen LogP contribution in [0.4, 0.5) is 0 Å². The van der Waals surface area contributed by atoms with Gasteiger partial charge in [0.05, 0.1) is 0 Å². The molecular weight excluding hydrogens is 1550 g/mol. The molecule has 6 heteroatoms. The topological polar surface area (TPSA) is 13.1 Å². The molecule has 0 aliphatic heterocycles. The second kappa shape index (κ2) is 34.1. The minimum absolute atomic E-state index is 0.948. The summed E-state index contributed by atoms with van der Waals surface area (Å²) in [6.07, 6.45) is 0. The van der Waals surface area contributed by atoms with Crippen molar-refractivity contribution in [2.75, 3.05) is 0 Å². The van der Waals surface area contributed by atoms with Crippen molar-refractivity contribution >= 4 is 179 Å². The van der Waals surface area contributed by atoms with Crippen LogP contribution >= 0.6 is 56.7 Å². The van der Waals surface area contributed by atoms with Gasteiger partial charge in [-0.25, -0.2) is 0 Å². The van der Waals surface area contributed by atoms with E-state index >= 15 is 0 Å². The maximum atomic E-state index is 5.95. The number of para-hydroxylation sites is 1. The van der Waals surface area contributed by atoms with Crippen LogP contribution in [0.5, 0.6) is 0 Å². The molecule has 0 aliphatic rings. The fourth-order valence-electron chi connectivity index (χ4n) is 16.5. The lowest BCUT2D eigenvalue weighted by Gasteiger charge is -2.07. The highest BCUT2D eigenvalue weighted by molar-refractivity contribution is 7.27. The van der Waals surface area contributed by atoms with E-state index in [0.717, 1.165) is 11.2 Å². The minimum Gasteiger partial charge on any atom is -0.456 e. The first-order chi connectivity index (χ1) is 58.9. The lowest BCUT2D eigenvalue weighted by atomic mass is 9.96. The number of hydrogen-bond acceptors (Lipinski definition) is 6. The zero-order valence-electron chi connectivity index (χ0n) is 67.6. The number of aryl methyl sites for hydroxylation is 6. The SMILES string of the molecule is Cc1ccc(-c2ccc3sc4ccccc4c3c2)cc1.Cc1ccc(-c2cccc3c2sc2ccccc23)cc1.Cc1cccc(-c2ccc3sc4ccccc4c3c2)c1.Cc1cccc(-c2cccc3c2sc2ccccc23)c1.Cc1ccccc1-c1ccc2sc3ccccc3c2c1.Cc1ccccc1-c1cccc2oc3ccccc3c12. The molecule has 6 aromatic heterocycles. The van der Waals surface area contributed by atoms with Gasteiger partial charge in [-0.2, -0.15) is 0 Å². The number of furan rings is 1. The molecule has 0 aliphatic carbocycles. The smallest absolute Gasteiger partial charge is 0.136 e. The molecular formula is C114H84OS5. The molecule has 0 radical (unpaired) electrons. The van der Waals surface area contributed by atoms with E-state index in [9.17, 15) is 0 Å². The summed E-state index contributed by atoms with van der Waals surface area (Å²) in [6, 6.07) is 143. The third kappa shape index (κ3) is 15.8. The first kappa shape index (κ1) is 76.8. The number of thiophene rings is 5. The summed E-state index contributed by atoms with van der Waals surface area (Å²) in [6.45, 7) is 12.9. The second-order valence-corrected chi connectivity index (χ2v) is 36.2. The molecule has 0 unspecified atom stereocenters. The van der Waals surface area contributed by atoms with Gasteiger partial charge in [0, 0.05) is 112 Å². The molecule has 24 rings (SSSR count). The number of hydrogen-bond donors (Lipinski definition) is 0. The van der Waals surface area contributed by atoms with Gasteiger partial charge < -0.3 is 4.42 Å². The quantitative estimate of drug-likeness (QED) is 0.162. The predicted molar refractivity (Wildman–Crippen MR) is 531 cm³/mol. The van der Waals surface area contributed by atoms with Crippen LogP contribution in [0.3, 0.4) is 0 Å². The average molecular weight is 1630 g/mol. The summed E-state index contributed by atoms with van der Waals surface area (Å²) in [7, 11) is 0. The van der Waals surface area contributed by atoms with E-state index in [1.54, 1.807) is 0 Å². The zero-order chi connectivity index (χ0) is 81.2. The van der Waals surface area contributed by atoms with Crippen molar-refractivity contribution in [3.63, 3.8) is 0 Å². The maximum Gasteiger partial charge on any atom is 0.136 e. The van der Waals surface area contributed by atoms with Gasteiger partial charge in [0.15, 0.2) is 0 Å². The summed E-state index contributed by atoms with van der Waals surface area (Å²) in [5.74, 6) is 0. The Hall–Kier alpha value is -13.1. The molecule has 0 saturated heterocycles. The summed E-state index contributed by atoms with van der Waals surface area (Å²) >= 11 is 9.38. The Kier molecular flexibility index (Phi) is 21.8. The van der Waals surface area contributed by atoms with Gasteiger partial charge in [-0.3, -0.25) is 0 Å². The molecule has 24 aromatic rings. The van der Waals surface area contributed by atoms with E-state index in [2.05, 4.69) is 424 Å². The summed E-state index contributed by atoms with van der Waals surface area (Å²) in [5.41, 5.74) is 25.3. The molecule has 18 aromatic carbocycles. The van der Waals surface area contributed by atoms with Crippen molar-refractivity contribution in [3.8, 4) is 66.8 Å². The molecule has 576 valence electrons. The van der Waals surface area contributed by atoms with Gasteiger partial charge >= 0.3 is 0 Å². The first-order valence-corrected chi connectivity index (χ1v) is 44.9. The lowest BCUT2D eigenvalue weighted by molar-refractivity contribution is 0.669. The lowest BCUT2D eigenvalue weighted by Crippen LogP contribution is -1.83. The molecule has 0 atom stereocenters. The molecule has 0 amide bonds. The fraction of sp³-hybridized carbons (Fsp3) is 0.0526. The Bertz CT molecular complexity index is 7850. The Morgan fingerprint density at radius 2 is 0.475 bits per heavy atom. The average Bonchev–Trinajstić information content (AvgIpc) is 1.63. The molecule has 0 bridgehead atoms. The van der Waals surface area contributed by atoms with Crippen molar-refractivity contribution in [2.45, 2.75) is 41.5 Å². The number of benzene rings is 18. The second-order valence-electron chi connectivity index (χ2n) is 30.9. The van der Waals surface area contributed by atoms with Gasteiger partial charge in [0.1, 0.15) is 11.2 Å².